The molecular formula is C15H26N4O2. The van der Waals surface area contributed by atoms with E-state index < -0.39 is 0 Å². The van der Waals surface area contributed by atoms with Gasteiger partial charge in [0.15, 0.2) is 0 Å². The number of hydrogen-bond donors (Lipinski definition) is 1. The van der Waals surface area contributed by atoms with Crippen LogP contribution in [0.15, 0.2) is 0 Å². The highest BCUT2D eigenvalue weighted by molar-refractivity contribution is 6.34. The maximum absolute atomic E-state index is 12.3. The van der Waals surface area contributed by atoms with Crippen LogP contribution in [0.2, 0.25) is 0 Å². The van der Waals surface area contributed by atoms with E-state index >= 15 is 0 Å². The molecule has 0 spiro atoms. The van der Waals surface area contributed by atoms with Gasteiger partial charge in [0.1, 0.15) is 0 Å². The van der Waals surface area contributed by atoms with Gasteiger partial charge >= 0.3 is 11.8 Å². The van der Waals surface area contributed by atoms with Crippen LogP contribution < -0.4 is 5.32 Å². The Morgan fingerprint density at radius 2 is 1.52 bits per heavy atom. The van der Waals surface area contributed by atoms with Gasteiger partial charge in [-0.3, -0.25) is 14.5 Å². The smallest absolute Gasteiger partial charge is 0.312 e. The van der Waals surface area contributed by atoms with Crippen molar-refractivity contribution in [2.45, 2.75) is 19.3 Å². The molecule has 3 aliphatic rings. The SMILES string of the molecule is O=C(C(=O)N1CCN(CC2CC2)CC1)N1CCCNCC1. The van der Waals surface area contributed by atoms with Crippen LogP contribution in [-0.2, 0) is 9.59 Å². The molecular weight excluding hydrogens is 268 g/mol. The zero-order chi connectivity index (χ0) is 14.7. The Morgan fingerprint density at radius 1 is 0.857 bits per heavy atom. The number of carbonyl (C=O) groups is 2. The van der Waals surface area contributed by atoms with Crippen molar-refractivity contribution >= 4 is 11.8 Å². The fourth-order valence-electron chi connectivity index (χ4n) is 3.12. The molecule has 2 saturated heterocycles. The van der Waals surface area contributed by atoms with Gasteiger partial charge in [0.2, 0.25) is 0 Å². The zero-order valence-corrected chi connectivity index (χ0v) is 12.7. The van der Waals surface area contributed by atoms with Crippen LogP contribution in [0.5, 0.6) is 0 Å². The Balaban J connectivity index is 1.47. The maximum atomic E-state index is 12.3. The van der Waals surface area contributed by atoms with Crippen molar-refractivity contribution in [3.05, 3.63) is 0 Å². The van der Waals surface area contributed by atoms with E-state index in [1.807, 2.05) is 0 Å². The van der Waals surface area contributed by atoms with Crippen molar-refractivity contribution in [2.75, 3.05) is 58.9 Å². The second kappa shape index (κ2) is 6.75. The second-order valence-electron chi connectivity index (χ2n) is 6.43. The van der Waals surface area contributed by atoms with Crippen molar-refractivity contribution in [2.24, 2.45) is 5.92 Å². The third-order valence-electron chi connectivity index (χ3n) is 4.68. The van der Waals surface area contributed by atoms with E-state index in [0.29, 0.717) is 26.2 Å². The predicted molar refractivity (Wildman–Crippen MR) is 79.8 cm³/mol. The molecule has 118 valence electrons. The molecule has 0 aromatic carbocycles. The lowest BCUT2D eigenvalue weighted by molar-refractivity contribution is -0.152. The number of hydrogen-bond acceptors (Lipinski definition) is 4. The third kappa shape index (κ3) is 3.95. The molecule has 0 atom stereocenters. The molecule has 1 saturated carbocycles. The summed E-state index contributed by atoms with van der Waals surface area (Å²) in [5.41, 5.74) is 0. The highest BCUT2D eigenvalue weighted by Gasteiger charge is 2.31. The average Bonchev–Trinajstić information content (AvgIpc) is 3.33. The second-order valence-corrected chi connectivity index (χ2v) is 6.43. The lowest BCUT2D eigenvalue weighted by atomic mass is 10.2. The minimum Gasteiger partial charge on any atom is -0.333 e. The molecule has 0 radical (unpaired) electrons. The highest BCUT2D eigenvalue weighted by Crippen LogP contribution is 2.29. The Labute approximate surface area is 126 Å². The Kier molecular flexibility index (Phi) is 4.75. The van der Waals surface area contributed by atoms with E-state index in [4.69, 9.17) is 0 Å². The molecule has 6 nitrogen and oxygen atoms in total. The Bertz CT molecular complexity index is 381. The first-order valence-corrected chi connectivity index (χ1v) is 8.25. The maximum Gasteiger partial charge on any atom is 0.312 e. The van der Waals surface area contributed by atoms with E-state index in [1.165, 1.54) is 19.4 Å². The molecule has 2 aliphatic heterocycles. The van der Waals surface area contributed by atoms with Gasteiger partial charge in [-0.05, 0) is 31.7 Å². The van der Waals surface area contributed by atoms with Crippen LogP contribution in [0.25, 0.3) is 0 Å². The summed E-state index contributed by atoms with van der Waals surface area (Å²) in [6, 6.07) is 0. The predicted octanol–water partition coefficient (Wildman–Crippen LogP) is -0.637. The summed E-state index contributed by atoms with van der Waals surface area (Å²) in [5.74, 6) is 0.274. The normalized spacial score (nSPS) is 24.8. The van der Waals surface area contributed by atoms with Crippen LogP contribution in [-0.4, -0.2) is 85.4 Å². The fraction of sp³-hybridized carbons (Fsp3) is 0.867. The minimum atomic E-state index is -0.311. The van der Waals surface area contributed by atoms with Gasteiger partial charge in [-0.2, -0.15) is 0 Å². The largest absolute Gasteiger partial charge is 0.333 e. The zero-order valence-electron chi connectivity index (χ0n) is 12.7. The van der Waals surface area contributed by atoms with Gasteiger partial charge in [0.25, 0.3) is 0 Å². The third-order valence-corrected chi connectivity index (χ3v) is 4.68. The molecule has 0 aromatic heterocycles. The lowest BCUT2D eigenvalue weighted by Gasteiger charge is -2.35. The van der Waals surface area contributed by atoms with Gasteiger partial charge in [0, 0.05) is 52.4 Å². The van der Waals surface area contributed by atoms with Gasteiger partial charge in [-0.25, -0.2) is 0 Å². The monoisotopic (exact) mass is 294 g/mol. The molecule has 2 amide bonds. The summed E-state index contributed by atoms with van der Waals surface area (Å²) >= 11 is 0. The van der Waals surface area contributed by atoms with E-state index in [1.54, 1.807) is 9.80 Å². The summed E-state index contributed by atoms with van der Waals surface area (Å²) in [7, 11) is 0. The van der Waals surface area contributed by atoms with E-state index in [0.717, 1.165) is 38.5 Å². The number of nitrogens with one attached hydrogen (secondary N) is 1. The van der Waals surface area contributed by atoms with Crippen LogP contribution in [0.4, 0.5) is 0 Å². The van der Waals surface area contributed by atoms with Crippen molar-refractivity contribution in [1.82, 2.24) is 20.0 Å². The van der Waals surface area contributed by atoms with Crippen molar-refractivity contribution in [1.29, 1.82) is 0 Å². The fourth-order valence-corrected chi connectivity index (χ4v) is 3.12. The van der Waals surface area contributed by atoms with Gasteiger partial charge < -0.3 is 15.1 Å². The number of nitrogens with zero attached hydrogens (tertiary/aromatic N) is 3. The van der Waals surface area contributed by atoms with Gasteiger partial charge in [-0.15, -0.1) is 0 Å². The van der Waals surface area contributed by atoms with Crippen molar-refractivity contribution in [3.8, 4) is 0 Å². The van der Waals surface area contributed by atoms with Crippen LogP contribution in [0, 0.1) is 5.92 Å². The molecule has 3 rings (SSSR count). The van der Waals surface area contributed by atoms with E-state index in [2.05, 4.69) is 10.2 Å². The number of rotatable bonds is 2. The summed E-state index contributed by atoms with van der Waals surface area (Å²) in [4.78, 5) is 30.5. The standard InChI is InChI=1S/C15H26N4O2/c20-14(18-6-1-4-16-5-7-18)15(21)19-10-8-17(9-11-19)12-13-2-3-13/h13,16H,1-12H2. The molecule has 0 bridgehead atoms. The van der Waals surface area contributed by atoms with Crippen LogP contribution in [0.3, 0.4) is 0 Å². The summed E-state index contributed by atoms with van der Waals surface area (Å²) in [6.07, 6.45) is 3.65. The first-order valence-electron chi connectivity index (χ1n) is 8.25. The number of piperazine rings is 1. The quantitative estimate of drug-likeness (QED) is 0.689. The van der Waals surface area contributed by atoms with Gasteiger partial charge in [0.05, 0.1) is 0 Å². The first kappa shape index (κ1) is 14.8. The highest BCUT2D eigenvalue weighted by atomic mass is 16.2. The van der Waals surface area contributed by atoms with E-state index in [-0.39, 0.29) is 11.8 Å². The molecule has 0 unspecified atom stereocenters. The summed E-state index contributed by atoms with van der Waals surface area (Å²) < 4.78 is 0. The van der Waals surface area contributed by atoms with Crippen molar-refractivity contribution < 1.29 is 9.59 Å². The molecule has 0 aromatic rings. The summed E-state index contributed by atoms with van der Waals surface area (Å²) in [5, 5.41) is 3.25. The average molecular weight is 294 g/mol. The van der Waals surface area contributed by atoms with Crippen LogP contribution in [0.1, 0.15) is 19.3 Å². The number of amides is 2. The number of carbonyl (C=O) groups excluding carboxylic acids is 2. The van der Waals surface area contributed by atoms with Crippen LogP contribution >= 0.6 is 0 Å². The van der Waals surface area contributed by atoms with E-state index in [9.17, 15) is 9.59 Å². The Morgan fingerprint density at radius 3 is 2.19 bits per heavy atom. The molecule has 21 heavy (non-hydrogen) atoms. The minimum absolute atomic E-state index is 0.303. The molecule has 1 aliphatic carbocycles. The molecule has 1 N–H and O–H groups in total. The summed E-state index contributed by atoms with van der Waals surface area (Å²) in [6.45, 7) is 7.45. The Hall–Kier alpha value is -1.14. The molecule has 3 fully saturated rings. The lowest BCUT2D eigenvalue weighted by Crippen LogP contribution is -2.53. The van der Waals surface area contributed by atoms with Crippen molar-refractivity contribution in [3.63, 3.8) is 0 Å². The molecule has 2 heterocycles. The first-order chi connectivity index (χ1) is 10.2. The van der Waals surface area contributed by atoms with Gasteiger partial charge in [-0.1, -0.05) is 0 Å². The molecule has 6 heteroatoms. The topological polar surface area (TPSA) is 55.9 Å².